The highest BCUT2D eigenvalue weighted by atomic mass is 35.5. The number of aliphatic carboxylic acids is 1. The van der Waals surface area contributed by atoms with Gasteiger partial charge in [0.15, 0.2) is 0 Å². The summed E-state index contributed by atoms with van der Waals surface area (Å²) in [6, 6.07) is 6.38. The van der Waals surface area contributed by atoms with Gasteiger partial charge < -0.3 is 10.4 Å². The zero-order valence-electron chi connectivity index (χ0n) is 11.9. The van der Waals surface area contributed by atoms with Crippen LogP contribution >= 0.6 is 11.6 Å². The van der Waals surface area contributed by atoms with E-state index < -0.39 is 12.0 Å². The number of piperidine rings is 1. The molecule has 0 spiro atoms. The number of hydrogen-bond donors (Lipinski definition) is 2. The number of anilines is 1. The SMILES string of the molecule is CC1CCN(CC(=O)Nc2ccccc2Cl)C(C(=O)O)C1. The van der Waals surface area contributed by atoms with Crippen LogP contribution in [0, 0.1) is 5.92 Å². The number of halogens is 1. The summed E-state index contributed by atoms with van der Waals surface area (Å²) >= 11 is 5.99. The number of carboxylic acid groups (broad SMARTS) is 1. The Morgan fingerprint density at radius 3 is 2.81 bits per heavy atom. The first-order valence-electron chi connectivity index (χ1n) is 6.98. The summed E-state index contributed by atoms with van der Waals surface area (Å²) in [6.45, 7) is 2.72. The van der Waals surface area contributed by atoms with E-state index in [1.807, 2.05) is 6.92 Å². The van der Waals surface area contributed by atoms with E-state index in [9.17, 15) is 14.7 Å². The van der Waals surface area contributed by atoms with Crippen molar-refractivity contribution in [1.29, 1.82) is 0 Å². The Balaban J connectivity index is 1.98. The van der Waals surface area contributed by atoms with Gasteiger partial charge in [0.1, 0.15) is 6.04 Å². The minimum Gasteiger partial charge on any atom is -0.480 e. The zero-order chi connectivity index (χ0) is 15.4. The molecule has 1 heterocycles. The second-order valence-electron chi connectivity index (χ2n) is 5.48. The molecule has 1 saturated heterocycles. The van der Waals surface area contributed by atoms with Gasteiger partial charge in [0.2, 0.25) is 5.91 Å². The van der Waals surface area contributed by atoms with E-state index in [4.69, 9.17) is 11.6 Å². The minimum absolute atomic E-state index is 0.0644. The summed E-state index contributed by atoms with van der Waals surface area (Å²) < 4.78 is 0. The molecular formula is C15H19ClN2O3. The molecule has 21 heavy (non-hydrogen) atoms. The number of amides is 1. The molecule has 0 radical (unpaired) electrons. The Kier molecular flexibility index (Phi) is 5.20. The van der Waals surface area contributed by atoms with Gasteiger partial charge in [-0.15, -0.1) is 0 Å². The lowest BCUT2D eigenvalue weighted by atomic mass is 9.92. The quantitative estimate of drug-likeness (QED) is 0.896. The number of likely N-dealkylation sites (tertiary alicyclic amines) is 1. The van der Waals surface area contributed by atoms with Crippen LogP contribution in [0.1, 0.15) is 19.8 Å². The van der Waals surface area contributed by atoms with Crippen LogP contribution in [-0.4, -0.2) is 41.0 Å². The molecule has 1 fully saturated rings. The molecule has 114 valence electrons. The predicted octanol–water partition coefficient (Wildman–Crippen LogP) is 2.46. The second kappa shape index (κ2) is 6.91. The smallest absolute Gasteiger partial charge is 0.320 e. The first kappa shape index (κ1) is 15.8. The molecule has 6 heteroatoms. The van der Waals surface area contributed by atoms with E-state index in [0.717, 1.165) is 6.42 Å². The van der Waals surface area contributed by atoms with Gasteiger partial charge in [-0.05, 0) is 37.4 Å². The van der Waals surface area contributed by atoms with E-state index in [2.05, 4.69) is 5.32 Å². The number of hydrogen-bond acceptors (Lipinski definition) is 3. The maximum atomic E-state index is 12.1. The number of carboxylic acids is 1. The average molecular weight is 311 g/mol. The van der Waals surface area contributed by atoms with E-state index in [1.54, 1.807) is 29.2 Å². The molecular weight excluding hydrogens is 292 g/mol. The standard InChI is InChI=1S/C15H19ClN2O3/c1-10-6-7-18(13(8-10)15(20)21)9-14(19)17-12-5-3-2-4-11(12)16/h2-5,10,13H,6-9H2,1H3,(H,17,19)(H,20,21). The third kappa shape index (κ3) is 4.19. The topological polar surface area (TPSA) is 69.6 Å². The Hall–Kier alpha value is -1.59. The predicted molar refractivity (Wildman–Crippen MR) is 81.5 cm³/mol. The van der Waals surface area contributed by atoms with Gasteiger partial charge in [-0.3, -0.25) is 14.5 Å². The van der Waals surface area contributed by atoms with Gasteiger partial charge in [0.25, 0.3) is 0 Å². The monoisotopic (exact) mass is 310 g/mol. The van der Waals surface area contributed by atoms with Crippen molar-refractivity contribution in [2.45, 2.75) is 25.8 Å². The van der Waals surface area contributed by atoms with Crippen LogP contribution in [0.4, 0.5) is 5.69 Å². The van der Waals surface area contributed by atoms with Crippen molar-refractivity contribution in [3.05, 3.63) is 29.3 Å². The number of benzene rings is 1. The van der Waals surface area contributed by atoms with Crippen molar-refractivity contribution >= 4 is 29.2 Å². The molecule has 0 aliphatic carbocycles. The average Bonchev–Trinajstić information content (AvgIpc) is 2.43. The molecule has 2 rings (SSSR count). The fraction of sp³-hybridized carbons (Fsp3) is 0.467. The van der Waals surface area contributed by atoms with Crippen molar-refractivity contribution < 1.29 is 14.7 Å². The second-order valence-corrected chi connectivity index (χ2v) is 5.89. The molecule has 5 nitrogen and oxygen atoms in total. The lowest BCUT2D eigenvalue weighted by molar-refractivity contribution is -0.145. The van der Waals surface area contributed by atoms with Crippen LogP contribution in [0.25, 0.3) is 0 Å². The van der Waals surface area contributed by atoms with Crippen molar-refractivity contribution in [1.82, 2.24) is 4.90 Å². The van der Waals surface area contributed by atoms with Gasteiger partial charge in [-0.2, -0.15) is 0 Å². The number of rotatable bonds is 4. The number of nitrogens with zero attached hydrogens (tertiary/aromatic N) is 1. The van der Waals surface area contributed by atoms with Crippen molar-refractivity contribution in [2.75, 3.05) is 18.4 Å². The molecule has 0 saturated carbocycles. The fourth-order valence-corrected chi connectivity index (χ4v) is 2.76. The van der Waals surface area contributed by atoms with Gasteiger partial charge >= 0.3 is 5.97 Å². The molecule has 1 amide bonds. The fourth-order valence-electron chi connectivity index (χ4n) is 2.57. The lowest BCUT2D eigenvalue weighted by Crippen LogP contribution is -2.49. The molecule has 1 aromatic carbocycles. The highest BCUT2D eigenvalue weighted by molar-refractivity contribution is 6.33. The highest BCUT2D eigenvalue weighted by Gasteiger charge is 2.32. The van der Waals surface area contributed by atoms with Crippen LogP contribution in [0.2, 0.25) is 5.02 Å². The van der Waals surface area contributed by atoms with E-state index in [1.165, 1.54) is 0 Å². The summed E-state index contributed by atoms with van der Waals surface area (Å²) in [5.41, 5.74) is 0.543. The number of carbonyl (C=O) groups excluding carboxylic acids is 1. The largest absolute Gasteiger partial charge is 0.480 e. The van der Waals surface area contributed by atoms with E-state index in [-0.39, 0.29) is 12.5 Å². The Bertz CT molecular complexity index is 535. The van der Waals surface area contributed by atoms with Crippen LogP contribution in [-0.2, 0) is 9.59 Å². The van der Waals surface area contributed by atoms with Crippen LogP contribution < -0.4 is 5.32 Å². The molecule has 0 aromatic heterocycles. The first-order valence-corrected chi connectivity index (χ1v) is 7.36. The molecule has 1 aliphatic rings. The maximum Gasteiger partial charge on any atom is 0.320 e. The third-order valence-corrected chi connectivity index (χ3v) is 4.08. The first-order chi connectivity index (χ1) is 9.97. The van der Waals surface area contributed by atoms with Crippen LogP contribution in [0.5, 0.6) is 0 Å². The minimum atomic E-state index is -0.868. The normalized spacial score (nSPS) is 22.8. The van der Waals surface area contributed by atoms with Crippen molar-refractivity contribution in [2.24, 2.45) is 5.92 Å². The van der Waals surface area contributed by atoms with E-state index >= 15 is 0 Å². The molecule has 1 aromatic rings. The summed E-state index contributed by atoms with van der Waals surface area (Å²) in [5.74, 6) is -0.745. The summed E-state index contributed by atoms with van der Waals surface area (Å²) in [5, 5.41) is 12.5. The lowest BCUT2D eigenvalue weighted by Gasteiger charge is -2.35. The Labute approximate surface area is 128 Å². The number of carbonyl (C=O) groups is 2. The van der Waals surface area contributed by atoms with Crippen LogP contribution in [0.3, 0.4) is 0 Å². The van der Waals surface area contributed by atoms with Gasteiger partial charge in [0, 0.05) is 0 Å². The zero-order valence-corrected chi connectivity index (χ0v) is 12.6. The Morgan fingerprint density at radius 1 is 1.43 bits per heavy atom. The summed E-state index contributed by atoms with van der Waals surface area (Å²) in [6.07, 6.45) is 1.48. The molecule has 2 unspecified atom stereocenters. The third-order valence-electron chi connectivity index (χ3n) is 3.76. The van der Waals surface area contributed by atoms with Crippen molar-refractivity contribution in [3.63, 3.8) is 0 Å². The van der Waals surface area contributed by atoms with Crippen LogP contribution in [0.15, 0.2) is 24.3 Å². The highest BCUT2D eigenvalue weighted by Crippen LogP contribution is 2.23. The number of nitrogens with one attached hydrogen (secondary N) is 1. The van der Waals surface area contributed by atoms with Gasteiger partial charge in [0.05, 0.1) is 17.3 Å². The van der Waals surface area contributed by atoms with Crippen molar-refractivity contribution in [3.8, 4) is 0 Å². The molecule has 2 N–H and O–H groups in total. The Morgan fingerprint density at radius 2 is 2.14 bits per heavy atom. The molecule has 0 bridgehead atoms. The summed E-state index contributed by atoms with van der Waals surface area (Å²) in [4.78, 5) is 25.1. The van der Waals surface area contributed by atoms with Gasteiger partial charge in [-0.25, -0.2) is 0 Å². The molecule has 2 atom stereocenters. The van der Waals surface area contributed by atoms with Gasteiger partial charge in [-0.1, -0.05) is 30.7 Å². The summed E-state index contributed by atoms with van der Waals surface area (Å²) in [7, 11) is 0. The molecule has 1 aliphatic heterocycles. The number of para-hydroxylation sites is 1. The maximum absolute atomic E-state index is 12.1. The van der Waals surface area contributed by atoms with E-state index in [0.29, 0.717) is 29.6 Å².